The van der Waals surface area contributed by atoms with Crippen LogP contribution >= 0.6 is 12.2 Å². The Morgan fingerprint density at radius 1 is 1.26 bits per heavy atom. The van der Waals surface area contributed by atoms with Gasteiger partial charge >= 0.3 is 0 Å². The van der Waals surface area contributed by atoms with Crippen molar-refractivity contribution in [3.8, 4) is 22.9 Å². The Hall–Kier alpha value is -2.60. The van der Waals surface area contributed by atoms with Gasteiger partial charge in [-0.25, -0.2) is 4.98 Å². The second-order valence-corrected chi connectivity index (χ2v) is 6.02. The van der Waals surface area contributed by atoms with Gasteiger partial charge in [-0.3, -0.25) is 0 Å². The van der Waals surface area contributed by atoms with E-state index in [4.69, 9.17) is 32.4 Å². The molecular weight excluding hydrogens is 310 g/mol. The summed E-state index contributed by atoms with van der Waals surface area (Å²) in [6.07, 6.45) is 0. The van der Waals surface area contributed by atoms with E-state index in [1.807, 2.05) is 34.9 Å². The van der Waals surface area contributed by atoms with Gasteiger partial charge in [0.15, 0.2) is 11.5 Å². The minimum Gasteiger partial charge on any atom is -0.454 e. The molecule has 0 aliphatic carbocycles. The van der Waals surface area contributed by atoms with E-state index < -0.39 is 0 Å². The molecule has 0 spiro atoms. The lowest BCUT2D eigenvalue weighted by Crippen LogP contribution is -2.17. The summed E-state index contributed by atoms with van der Waals surface area (Å²) in [6, 6.07) is 12.0. The molecule has 2 N–H and O–H groups in total. The zero-order chi connectivity index (χ0) is 16.0. The van der Waals surface area contributed by atoms with Crippen molar-refractivity contribution in [2.75, 3.05) is 6.79 Å². The monoisotopic (exact) mass is 325 g/mol. The molecule has 0 unspecified atom stereocenters. The number of benzene rings is 2. The molecule has 6 heteroatoms. The summed E-state index contributed by atoms with van der Waals surface area (Å²) in [5.74, 6) is 2.28. The van der Waals surface area contributed by atoms with Crippen molar-refractivity contribution in [1.82, 2.24) is 9.55 Å². The van der Waals surface area contributed by atoms with Crippen LogP contribution < -0.4 is 15.2 Å². The number of thiocarbonyl (C=S) groups is 1. The van der Waals surface area contributed by atoms with Gasteiger partial charge in [-0.1, -0.05) is 36.5 Å². The lowest BCUT2D eigenvalue weighted by atomic mass is 10.1. The highest BCUT2D eigenvalue weighted by molar-refractivity contribution is 7.80. The van der Waals surface area contributed by atoms with E-state index >= 15 is 0 Å². The second kappa shape index (κ2) is 5.24. The smallest absolute Gasteiger partial charge is 0.231 e. The molecule has 2 aromatic carbocycles. The Kier molecular flexibility index (Phi) is 3.20. The maximum Gasteiger partial charge on any atom is 0.231 e. The van der Waals surface area contributed by atoms with Gasteiger partial charge in [-0.2, -0.15) is 0 Å². The first kappa shape index (κ1) is 14.0. The number of aromatic nitrogens is 2. The van der Waals surface area contributed by atoms with Crippen molar-refractivity contribution >= 4 is 28.2 Å². The predicted octanol–water partition coefficient (Wildman–Crippen LogP) is 3.03. The van der Waals surface area contributed by atoms with Gasteiger partial charge in [0.1, 0.15) is 5.82 Å². The van der Waals surface area contributed by atoms with Crippen molar-refractivity contribution in [2.24, 2.45) is 5.73 Å². The maximum absolute atomic E-state index is 5.80. The topological polar surface area (TPSA) is 62.3 Å². The quantitative estimate of drug-likeness (QED) is 0.750. The summed E-state index contributed by atoms with van der Waals surface area (Å²) in [5.41, 5.74) is 9.77. The molecule has 0 atom stereocenters. The fraction of sp³-hybridized carbons (Fsp3) is 0.176. The van der Waals surface area contributed by atoms with Crippen molar-refractivity contribution < 1.29 is 9.47 Å². The van der Waals surface area contributed by atoms with Gasteiger partial charge in [0.2, 0.25) is 6.79 Å². The van der Waals surface area contributed by atoms with Crippen molar-refractivity contribution in [2.45, 2.75) is 13.5 Å². The van der Waals surface area contributed by atoms with Crippen LogP contribution in [0.3, 0.4) is 0 Å². The lowest BCUT2D eigenvalue weighted by Gasteiger charge is -2.10. The zero-order valence-electron chi connectivity index (χ0n) is 12.6. The van der Waals surface area contributed by atoms with E-state index in [1.54, 1.807) is 0 Å². The average molecular weight is 325 g/mol. The molecule has 116 valence electrons. The standard InChI is InChI=1S/C17H15N3O2S/c1-10-4-2-3-5-11(10)17-19-12-6-14-15(22-9-21-14)7-13(12)20(17)8-16(18)23/h2-7H,8-9H2,1H3,(H2,18,23). The second-order valence-electron chi connectivity index (χ2n) is 5.50. The average Bonchev–Trinajstić information content (AvgIpc) is 3.10. The third-order valence-electron chi connectivity index (χ3n) is 3.94. The van der Waals surface area contributed by atoms with E-state index in [1.165, 1.54) is 0 Å². The van der Waals surface area contributed by atoms with Crippen molar-refractivity contribution in [3.05, 3.63) is 42.0 Å². The first-order valence-electron chi connectivity index (χ1n) is 7.27. The Labute approximate surface area is 138 Å². The highest BCUT2D eigenvalue weighted by Gasteiger charge is 2.20. The van der Waals surface area contributed by atoms with Crippen molar-refractivity contribution in [1.29, 1.82) is 0 Å². The van der Waals surface area contributed by atoms with Gasteiger partial charge in [0.05, 0.1) is 22.6 Å². The molecular formula is C17H15N3O2S. The molecule has 0 saturated heterocycles. The third kappa shape index (κ3) is 2.31. The number of hydrogen-bond acceptors (Lipinski definition) is 4. The van der Waals surface area contributed by atoms with Crippen LogP contribution in [0.2, 0.25) is 0 Å². The Balaban J connectivity index is 2.00. The summed E-state index contributed by atoms with van der Waals surface area (Å²) < 4.78 is 13.0. The Bertz CT molecular complexity index is 933. The number of hydrogen-bond donors (Lipinski definition) is 1. The van der Waals surface area contributed by atoms with Gasteiger partial charge in [-0.05, 0) is 12.5 Å². The number of rotatable bonds is 3. The molecule has 0 fully saturated rings. The summed E-state index contributed by atoms with van der Waals surface area (Å²) in [6.45, 7) is 2.73. The van der Waals surface area contributed by atoms with Crippen LogP contribution in [0, 0.1) is 6.92 Å². The zero-order valence-corrected chi connectivity index (χ0v) is 13.4. The molecule has 2 heterocycles. The molecule has 4 rings (SSSR count). The van der Waals surface area contributed by atoms with Crippen LogP contribution in [-0.4, -0.2) is 21.3 Å². The molecule has 1 aliphatic rings. The fourth-order valence-corrected chi connectivity index (χ4v) is 2.99. The normalized spacial score (nSPS) is 12.7. The van der Waals surface area contributed by atoms with Gasteiger partial charge in [0.25, 0.3) is 0 Å². The van der Waals surface area contributed by atoms with Crippen LogP contribution in [0.25, 0.3) is 22.4 Å². The van der Waals surface area contributed by atoms with Crippen LogP contribution in [0.5, 0.6) is 11.5 Å². The van der Waals surface area contributed by atoms with Crippen LogP contribution in [0.15, 0.2) is 36.4 Å². The molecule has 0 saturated carbocycles. The minimum atomic E-state index is 0.238. The van der Waals surface area contributed by atoms with E-state index in [-0.39, 0.29) is 6.79 Å². The van der Waals surface area contributed by atoms with Gasteiger partial charge in [-0.15, -0.1) is 0 Å². The predicted molar refractivity (Wildman–Crippen MR) is 92.8 cm³/mol. The number of nitrogens with two attached hydrogens (primary N) is 1. The molecule has 0 amide bonds. The third-order valence-corrected chi connectivity index (χ3v) is 4.07. The van der Waals surface area contributed by atoms with Crippen molar-refractivity contribution in [3.63, 3.8) is 0 Å². The minimum absolute atomic E-state index is 0.238. The summed E-state index contributed by atoms with van der Waals surface area (Å²) in [4.78, 5) is 5.20. The first-order chi connectivity index (χ1) is 11.1. The SMILES string of the molecule is Cc1ccccc1-c1nc2cc3c(cc2n1CC(N)=S)OCO3. The highest BCUT2D eigenvalue weighted by atomic mass is 32.1. The van der Waals surface area contributed by atoms with Crippen LogP contribution in [-0.2, 0) is 6.54 Å². The van der Waals surface area contributed by atoms with Gasteiger partial charge in [0, 0.05) is 17.7 Å². The molecule has 0 radical (unpaired) electrons. The van der Waals surface area contributed by atoms with E-state index in [0.717, 1.165) is 33.7 Å². The Morgan fingerprint density at radius 3 is 2.74 bits per heavy atom. The number of nitrogens with zero attached hydrogens (tertiary/aromatic N) is 2. The van der Waals surface area contributed by atoms with E-state index in [9.17, 15) is 0 Å². The van der Waals surface area contributed by atoms with Gasteiger partial charge < -0.3 is 19.8 Å². The number of fused-ring (bicyclic) bond motifs is 2. The molecule has 0 bridgehead atoms. The summed E-state index contributed by atoms with van der Waals surface area (Å²) >= 11 is 5.12. The summed E-state index contributed by atoms with van der Waals surface area (Å²) in [5, 5.41) is 0. The summed E-state index contributed by atoms with van der Waals surface area (Å²) in [7, 11) is 0. The number of ether oxygens (including phenoxy) is 2. The highest BCUT2D eigenvalue weighted by Crippen LogP contribution is 2.37. The van der Waals surface area contributed by atoms with Crippen LogP contribution in [0.1, 0.15) is 5.56 Å². The molecule has 1 aromatic heterocycles. The van der Waals surface area contributed by atoms with Crippen LogP contribution in [0.4, 0.5) is 0 Å². The molecule has 3 aromatic rings. The van der Waals surface area contributed by atoms with E-state index in [0.29, 0.717) is 17.3 Å². The molecule has 23 heavy (non-hydrogen) atoms. The largest absolute Gasteiger partial charge is 0.454 e. The number of aryl methyl sites for hydroxylation is 1. The Morgan fingerprint density at radius 2 is 2.00 bits per heavy atom. The first-order valence-corrected chi connectivity index (χ1v) is 7.68. The number of imidazole rings is 1. The molecule has 5 nitrogen and oxygen atoms in total. The fourth-order valence-electron chi connectivity index (χ4n) is 2.86. The lowest BCUT2D eigenvalue weighted by molar-refractivity contribution is 0.174. The van der Waals surface area contributed by atoms with E-state index in [2.05, 4.69) is 13.0 Å². The molecule has 1 aliphatic heterocycles. The maximum atomic E-state index is 5.80.